The molecule has 0 aromatic carbocycles. The first kappa shape index (κ1) is 23.4. The molecule has 0 bridgehead atoms. The van der Waals surface area contributed by atoms with Crippen LogP contribution in [0.25, 0.3) is 0 Å². The predicted molar refractivity (Wildman–Crippen MR) is 102 cm³/mol. The van der Waals surface area contributed by atoms with Crippen molar-refractivity contribution in [3.05, 3.63) is 0 Å². The van der Waals surface area contributed by atoms with Gasteiger partial charge < -0.3 is 19.9 Å². The molecule has 0 unspecified atom stereocenters. The molecule has 0 rings (SSSR count). The summed E-state index contributed by atoms with van der Waals surface area (Å²) in [6.45, 7) is 15.4. The molecule has 5 nitrogen and oxygen atoms in total. The quantitative estimate of drug-likeness (QED) is 0.325. The predicted octanol–water partition coefficient (Wildman–Crippen LogP) is 2.75. The lowest BCUT2D eigenvalue weighted by Gasteiger charge is -2.27. The number of hydrogen-bond donors (Lipinski definition) is 1. The summed E-state index contributed by atoms with van der Waals surface area (Å²) in [4.78, 5) is 16.3. The molecule has 0 atom stereocenters. The Labute approximate surface area is 150 Å². The number of carbonyl (C=O) groups excluding carboxylic acids is 1. The Morgan fingerprint density at radius 1 is 0.792 bits per heavy atom. The highest BCUT2D eigenvalue weighted by atomic mass is 16.5. The van der Waals surface area contributed by atoms with E-state index in [1.54, 1.807) is 0 Å². The fourth-order valence-corrected chi connectivity index (χ4v) is 2.69. The van der Waals surface area contributed by atoms with Crippen molar-refractivity contribution in [3.63, 3.8) is 0 Å². The first-order chi connectivity index (χ1) is 11.7. The van der Waals surface area contributed by atoms with Gasteiger partial charge in [-0.05, 0) is 38.9 Å². The summed E-state index contributed by atoms with van der Waals surface area (Å²) < 4.78 is 4.66. The maximum absolute atomic E-state index is 11.1. The molecule has 5 heteroatoms. The minimum Gasteiger partial charge on any atom is -0.469 e. The zero-order valence-corrected chi connectivity index (χ0v) is 16.6. The molecule has 0 fully saturated rings. The molecule has 24 heavy (non-hydrogen) atoms. The van der Waals surface area contributed by atoms with E-state index in [1.165, 1.54) is 65.4 Å². The normalized spacial score (nSPS) is 11.4. The van der Waals surface area contributed by atoms with Crippen LogP contribution < -0.4 is 5.32 Å². The molecule has 0 aliphatic rings. The second-order valence-electron chi connectivity index (χ2n) is 6.47. The Hall–Kier alpha value is -0.650. The molecule has 0 aromatic heterocycles. The molecular weight excluding hydrogens is 302 g/mol. The van der Waals surface area contributed by atoms with Crippen LogP contribution in [0.2, 0.25) is 0 Å². The average molecular weight is 344 g/mol. The zero-order chi connectivity index (χ0) is 18.0. The van der Waals surface area contributed by atoms with E-state index in [0.29, 0.717) is 13.0 Å². The number of unbranched alkanes of at least 4 members (excludes halogenated alkanes) is 2. The number of esters is 1. The number of hydrogen-bond acceptors (Lipinski definition) is 5. The molecule has 0 saturated carbocycles. The molecule has 0 spiro atoms. The number of carbonyl (C=O) groups is 1. The van der Waals surface area contributed by atoms with Crippen molar-refractivity contribution < 1.29 is 9.53 Å². The standard InChI is InChI=1S/C19H41N3O2/c1-5-8-14-21(13-7-3)17-18-22(15-9-6-2)16-12-20-11-10-19(23)24-4/h20H,5-18H2,1-4H3. The summed E-state index contributed by atoms with van der Waals surface area (Å²) in [5, 5.41) is 3.35. The van der Waals surface area contributed by atoms with E-state index >= 15 is 0 Å². The summed E-state index contributed by atoms with van der Waals surface area (Å²) in [5.74, 6) is -0.142. The fourth-order valence-electron chi connectivity index (χ4n) is 2.69. The number of nitrogens with zero attached hydrogens (tertiary/aromatic N) is 2. The van der Waals surface area contributed by atoms with Crippen molar-refractivity contribution in [1.82, 2.24) is 15.1 Å². The fraction of sp³-hybridized carbons (Fsp3) is 0.947. The van der Waals surface area contributed by atoms with Crippen molar-refractivity contribution >= 4 is 5.97 Å². The van der Waals surface area contributed by atoms with Gasteiger partial charge in [0.15, 0.2) is 0 Å². The third kappa shape index (κ3) is 13.8. The third-order valence-corrected chi connectivity index (χ3v) is 4.27. The minimum absolute atomic E-state index is 0.142. The van der Waals surface area contributed by atoms with Crippen LogP contribution in [-0.4, -0.2) is 75.2 Å². The van der Waals surface area contributed by atoms with Gasteiger partial charge in [0.1, 0.15) is 0 Å². The highest BCUT2D eigenvalue weighted by molar-refractivity contribution is 5.69. The van der Waals surface area contributed by atoms with Gasteiger partial charge in [0.05, 0.1) is 13.5 Å². The number of ether oxygens (including phenoxy) is 1. The van der Waals surface area contributed by atoms with Crippen LogP contribution in [0, 0.1) is 0 Å². The SMILES string of the molecule is CCCCN(CCC)CCN(CCCC)CCNCCC(=O)OC. The van der Waals surface area contributed by atoms with Gasteiger partial charge in [0.25, 0.3) is 0 Å². The molecule has 0 aliphatic heterocycles. The molecule has 0 aromatic rings. The number of methoxy groups -OCH3 is 1. The van der Waals surface area contributed by atoms with Gasteiger partial charge in [-0.3, -0.25) is 4.79 Å². The van der Waals surface area contributed by atoms with E-state index < -0.39 is 0 Å². The molecule has 0 radical (unpaired) electrons. The Bertz CT molecular complexity index is 288. The van der Waals surface area contributed by atoms with Gasteiger partial charge in [-0.15, -0.1) is 0 Å². The molecule has 0 saturated heterocycles. The van der Waals surface area contributed by atoms with Crippen LogP contribution in [0.5, 0.6) is 0 Å². The number of rotatable bonds is 17. The molecular formula is C19H41N3O2. The van der Waals surface area contributed by atoms with Crippen LogP contribution in [0.4, 0.5) is 0 Å². The van der Waals surface area contributed by atoms with E-state index in [2.05, 4.69) is 40.6 Å². The summed E-state index contributed by atoms with van der Waals surface area (Å²) >= 11 is 0. The lowest BCUT2D eigenvalue weighted by Crippen LogP contribution is -2.40. The molecule has 0 amide bonds. The summed E-state index contributed by atoms with van der Waals surface area (Å²) in [5.41, 5.74) is 0. The maximum atomic E-state index is 11.1. The monoisotopic (exact) mass is 343 g/mol. The largest absolute Gasteiger partial charge is 0.469 e. The lowest BCUT2D eigenvalue weighted by molar-refractivity contribution is -0.140. The van der Waals surface area contributed by atoms with Crippen LogP contribution in [0.3, 0.4) is 0 Å². The van der Waals surface area contributed by atoms with Crippen molar-refractivity contribution in [2.45, 2.75) is 59.3 Å². The summed E-state index contributed by atoms with van der Waals surface area (Å²) in [7, 11) is 1.44. The Morgan fingerprint density at radius 2 is 1.38 bits per heavy atom. The Kier molecular flexibility index (Phi) is 16.7. The number of nitrogens with one attached hydrogen (secondary N) is 1. The van der Waals surface area contributed by atoms with Crippen molar-refractivity contribution in [1.29, 1.82) is 0 Å². The van der Waals surface area contributed by atoms with Gasteiger partial charge in [0.2, 0.25) is 0 Å². The van der Waals surface area contributed by atoms with Crippen LogP contribution in [0.15, 0.2) is 0 Å². The highest BCUT2D eigenvalue weighted by Crippen LogP contribution is 2.00. The van der Waals surface area contributed by atoms with Gasteiger partial charge in [-0.25, -0.2) is 0 Å². The van der Waals surface area contributed by atoms with Crippen molar-refractivity contribution in [2.24, 2.45) is 0 Å². The van der Waals surface area contributed by atoms with Crippen molar-refractivity contribution in [3.8, 4) is 0 Å². The molecule has 0 heterocycles. The van der Waals surface area contributed by atoms with Gasteiger partial charge >= 0.3 is 5.97 Å². The Morgan fingerprint density at radius 3 is 1.88 bits per heavy atom. The van der Waals surface area contributed by atoms with Crippen LogP contribution in [0.1, 0.15) is 59.3 Å². The smallest absolute Gasteiger partial charge is 0.306 e. The minimum atomic E-state index is -0.142. The molecule has 1 N–H and O–H groups in total. The first-order valence-electron chi connectivity index (χ1n) is 9.90. The zero-order valence-electron chi connectivity index (χ0n) is 16.6. The molecule has 0 aliphatic carbocycles. The summed E-state index contributed by atoms with van der Waals surface area (Å²) in [6, 6.07) is 0. The van der Waals surface area contributed by atoms with Gasteiger partial charge in [-0.1, -0.05) is 33.6 Å². The van der Waals surface area contributed by atoms with E-state index in [-0.39, 0.29) is 5.97 Å². The lowest BCUT2D eigenvalue weighted by atomic mass is 10.2. The van der Waals surface area contributed by atoms with E-state index in [0.717, 1.165) is 19.6 Å². The first-order valence-corrected chi connectivity index (χ1v) is 9.90. The van der Waals surface area contributed by atoms with E-state index in [9.17, 15) is 4.79 Å². The van der Waals surface area contributed by atoms with Crippen molar-refractivity contribution in [2.75, 3.05) is 59.5 Å². The molecule has 144 valence electrons. The van der Waals surface area contributed by atoms with Crippen LogP contribution in [-0.2, 0) is 9.53 Å². The highest BCUT2D eigenvalue weighted by Gasteiger charge is 2.08. The maximum Gasteiger partial charge on any atom is 0.306 e. The van der Waals surface area contributed by atoms with Gasteiger partial charge in [-0.2, -0.15) is 0 Å². The van der Waals surface area contributed by atoms with E-state index in [1.807, 2.05) is 0 Å². The second kappa shape index (κ2) is 17.2. The second-order valence-corrected chi connectivity index (χ2v) is 6.47. The topological polar surface area (TPSA) is 44.8 Å². The summed E-state index contributed by atoms with van der Waals surface area (Å²) in [6.07, 6.45) is 6.74. The van der Waals surface area contributed by atoms with E-state index in [4.69, 9.17) is 0 Å². The van der Waals surface area contributed by atoms with Gasteiger partial charge in [0, 0.05) is 32.7 Å². The average Bonchev–Trinajstić information content (AvgIpc) is 2.60. The third-order valence-electron chi connectivity index (χ3n) is 4.27. The Balaban J connectivity index is 4.06. The van der Waals surface area contributed by atoms with Crippen LogP contribution >= 0.6 is 0 Å².